The molecule has 1 aliphatic rings. The number of benzene rings is 1. The van der Waals surface area contributed by atoms with Gasteiger partial charge < -0.3 is 20.7 Å². The van der Waals surface area contributed by atoms with Gasteiger partial charge in [-0.1, -0.05) is 30.3 Å². The second-order valence-corrected chi connectivity index (χ2v) is 7.93. The lowest BCUT2D eigenvalue weighted by Crippen LogP contribution is -2.58. The number of rotatable bonds is 8. The van der Waals surface area contributed by atoms with Crippen LogP contribution >= 0.6 is 11.3 Å². The molecule has 2 heterocycles. The van der Waals surface area contributed by atoms with Crippen LogP contribution in [0.2, 0.25) is 0 Å². The van der Waals surface area contributed by atoms with Gasteiger partial charge in [0.15, 0.2) is 0 Å². The standard InChI is InChI=1S/C20H28N4O2S/c1-16(17-5-3-2-4-6-17)24-20(8-12-26-13-9-20)15-23-19(25)22-10-7-18-21-11-14-27-18/h2-6,11,14,16,24H,7-10,12-13,15H2,1H3,(H2,22,23,25)/t16-/m1/s1. The fourth-order valence-corrected chi connectivity index (χ4v) is 4.01. The van der Waals surface area contributed by atoms with Gasteiger partial charge in [-0.25, -0.2) is 9.78 Å². The zero-order valence-electron chi connectivity index (χ0n) is 15.7. The first-order chi connectivity index (χ1) is 13.2. The maximum Gasteiger partial charge on any atom is 0.314 e. The number of hydrogen-bond acceptors (Lipinski definition) is 5. The monoisotopic (exact) mass is 388 g/mol. The Kier molecular flexibility index (Phi) is 7.20. The Morgan fingerprint density at radius 1 is 1.26 bits per heavy atom. The molecule has 7 heteroatoms. The van der Waals surface area contributed by atoms with E-state index in [9.17, 15) is 4.79 Å². The van der Waals surface area contributed by atoms with E-state index in [2.05, 4.69) is 52.1 Å². The summed E-state index contributed by atoms with van der Waals surface area (Å²) < 4.78 is 5.55. The zero-order valence-corrected chi connectivity index (χ0v) is 16.6. The summed E-state index contributed by atoms with van der Waals surface area (Å²) in [4.78, 5) is 16.4. The van der Waals surface area contributed by atoms with Crippen LogP contribution in [0.4, 0.5) is 4.79 Å². The minimum Gasteiger partial charge on any atom is -0.381 e. The summed E-state index contributed by atoms with van der Waals surface area (Å²) in [5.74, 6) is 0. The van der Waals surface area contributed by atoms with E-state index < -0.39 is 0 Å². The van der Waals surface area contributed by atoms with E-state index in [1.807, 2.05) is 11.4 Å². The van der Waals surface area contributed by atoms with Crippen LogP contribution in [0.15, 0.2) is 41.9 Å². The summed E-state index contributed by atoms with van der Waals surface area (Å²) in [5.41, 5.74) is 1.09. The molecule has 1 aromatic carbocycles. The molecule has 2 amide bonds. The SMILES string of the molecule is C[C@@H](NC1(CNC(=O)NCCc2nccs2)CCOCC1)c1ccccc1. The minimum absolute atomic E-state index is 0.133. The number of carbonyl (C=O) groups excluding carboxylic acids is 1. The predicted octanol–water partition coefficient (Wildman–Crippen LogP) is 2.88. The molecule has 146 valence electrons. The van der Waals surface area contributed by atoms with E-state index in [0.29, 0.717) is 26.3 Å². The van der Waals surface area contributed by atoms with E-state index in [-0.39, 0.29) is 17.6 Å². The molecule has 27 heavy (non-hydrogen) atoms. The molecular formula is C20H28N4O2S. The smallest absolute Gasteiger partial charge is 0.314 e. The predicted molar refractivity (Wildman–Crippen MR) is 108 cm³/mol. The number of amides is 2. The highest BCUT2D eigenvalue weighted by Crippen LogP contribution is 2.25. The molecule has 1 aromatic heterocycles. The lowest BCUT2D eigenvalue weighted by Gasteiger charge is -2.40. The largest absolute Gasteiger partial charge is 0.381 e. The van der Waals surface area contributed by atoms with Gasteiger partial charge in [-0.3, -0.25) is 0 Å². The van der Waals surface area contributed by atoms with Crippen LogP contribution in [0, 0.1) is 0 Å². The molecule has 1 atom stereocenters. The van der Waals surface area contributed by atoms with Crippen molar-refractivity contribution in [3.05, 3.63) is 52.5 Å². The minimum atomic E-state index is -0.153. The topological polar surface area (TPSA) is 75.3 Å². The van der Waals surface area contributed by atoms with Crippen molar-refractivity contribution in [1.82, 2.24) is 20.9 Å². The molecular weight excluding hydrogens is 360 g/mol. The fourth-order valence-electron chi connectivity index (χ4n) is 3.39. The number of urea groups is 1. The van der Waals surface area contributed by atoms with Crippen LogP contribution in [-0.4, -0.2) is 42.9 Å². The molecule has 3 rings (SSSR count). The Bertz CT molecular complexity index is 687. The summed E-state index contributed by atoms with van der Waals surface area (Å²) in [7, 11) is 0. The second kappa shape index (κ2) is 9.82. The fraction of sp³-hybridized carbons (Fsp3) is 0.500. The molecule has 0 unspecified atom stereocenters. The second-order valence-electron chi connectivity index (χ2n) is 6.95. The van der Waals surface area contributed by atoms with Gasteiger partial charge in [0.1, 0.15) is 0 Å². The first kappa shape index (κ1) is 19.8. The average molecular weight is 389 g/mol. The van der Waals surface area contributed by atoms with Crippen molar-refractivity contribution in [2.24, 2.45) is 0 Å². The molecule has 0 spiro atoms. The van der Waals surface area contributed by atoms with Crippen LogP contribution in [0.3, 0.4) is 0 Å². The van der Waals surface area contributed by atoms with Gasteiger partial charge in [0.2, 0.25) is 0 Å². The molecule has 3 N–H and O–H groups in total. The summed E-state index contributed by atoms with van der Waals surface area (Å²) in [6, 6.07) is 10.5. The normalized spacial score (nSPS) is 17.2. The van der Waals surface area contributed by atoms with Gasteiger partial charge in [-0.15, -0.1) is 11.3 Å². The number of hydrogen-bond donors (Lipinski definition) is 3. The van der Waals surface area contributed by atoms with E-state index in [1.54, 1.807) is 17.5 Å². The Hall–Kier alpha value is -1.96. The van der Waals surface area contributed by atoms with Crippen molar-refractivity contribution in [2.75, 3.05) is 26.3 Å². The maximum absolute atomic E-state index is 12.2. The zero-order chi connectivity index (χ0) is 19.0. The molecule has 1 aliphatic heterocycles. The maximum atomic E-state index is 12.2. The number of nitrogens with one attached hydrogen (secondary N) is 3. The summed E-state index contributed by atoms with van der Waals surface area (Å²) in [5, 5.41) is 12.7. The van der Waals surface area contributed by atoms with Crippen molar-refractivity contribution in [3.63, 3.8) is 0 Å². The molecule has 1 fully saturated rings. The molecule has 0 bridgehead atoms. The third-order valence-corrected chi connectivity index (χ3v) is 5.81. The molecule has 2 aromatic rings. The van der Waals surface area contributed by atoms with Crippen LogP contribution in [0.5, 0.6) is 0 Å². The highest BCUT2D eigenvalue weighted by Gasteiger charge is 2.34. The number of nitrogens with zero attached hydrogens (tertiary/aromatic N) is 1. The highest BCUT2D eigenvalue weighted by molar-refractivity contribution is 7.09. The van der Waals surface area contributed by atoms with E-state index in [4.69, 9.17) is 4.74 Å². The Labute approximate surface area is 164 Å². The molecule has 1 saturated heterocycles. The summed E-state index contributed by atoms with van der Waals surface area (Å²) in [6.45, 7) is 4.75. The van der Waals surface area contributed by atoms with Crippen molar-refractivity contribution >= 4 is 17.4 Å². The first-order valence-electron chi connectivity index (χ1n) is 9.47. The van der Waals surface area contributed by atoms with E-state index in [0.717, 1.165) is 24.3 Å². The van der Waals surface area contributed by atoms with Crippen molar-refractivity contribution in [1.29, 1.82) is 0 Å². The third kappa shape index (κ3) is 6.02. The number of ether oxygens (including phenoxy) is 1. The molecule has 0 saturated carbocycles. The van der Waals surface area contributed by atoms with Gasteiger partial charge in [-0.05, 0) is 25.3 Å². The van der Waals surface area contributed by atoms with Crippen LogP contribution in [0.25, 0.3) is 0 Å². The van der Waals surface area contributed by atoms with Gasteiger partial charge in [0.05, 0.1) is 5.01 Å². The number of carbonyl (C=O) groups is 1. The Morgan fingerprint density at radius 2 is 2.04 bits per heavy atom. The third-order valence-electron chi connectivity index (χ3n) is 4.97. The average Bonchev–Trinajstić information content (AvgIpc) is 3.21. The Morgan fingerprint density at radius 3 is 2.74 bits per heavy atom. The quantitative estimate of drug-likeness (QED) is 0.650. The van der Waals surface area contributed by atoms with Crippen LogP contribution in [-0.2, 0) is 11.2 Å². The van der Waals surface area contributed by atoms with Gasteiger partial charge in [0.25, 0.3) is 0 Å². The van der Waals surface area contributed by atoms with E-state index >= 15 is 0 Å². The molecule has 0 aliphatic carbocycles. The number of thiazole rings is 1. The van der Waals surface area contributed by atoms with Crippen molar-refractivity contribution in [3.8, 4) is 0 Å². The van der Waals surface area contributed by atoms with Gasteiger partial charge >= 0.3 is 6.03 Å². The van der Waals surface area contributed by atoms with Gasteiger partial charge in [-0.2, -0.15) is 0 Å². The lowest BCUT2D eigenvalue weighted by molar-refractivity contribution is 0.0347. The number of aromatic nitrogens is 1. The summed E-state index contributed by atoms with van der Waals surface area (Å²) in [6.07, 6.45) is 4.30. The molecule has 0 radical (unpaired) electrons. The highest BCUT2D eigenvalue weighted by atomic mass is 32.1. The van der Waals surface area contributed by atoms with E-state index in [1.165, 1.54) is 5.56 Å². The summed E-state index contributed by atoms with van der Waals surface area (Å²) >= 11 is 1.61. The van der Waals surface area contributed by atoms with Crippen molar-refractivity contribution < 1.29 is 9.53 Å². The van der Waals surface area contributed by atoms with Crippen LogP contribution in [0.1, 0.15) is 36.4 Å². The lowest BCUT2D eigenvalue weighted by atomic mass is 9.88. The first-order valence-corrected chi connectivity index (χ1v) is 10.4. The van der Waals surface area contributed by atoms with Crippen molar-refractivity contribution in [2.45, 2.75) is 37.8 Å². The Balaban J connectivity index is 1.50. The van der Waals surface area contributed by atoms with Gasteiger partial charge in [0, 0.05) is 55.9 Å². The molecule has 6 nitrogen and oxygen atoms in total. The van der Waals surface area contributed by atoms with Crippen LogP contribution < -0.4 is 16.0 Å².